The molecule has 10 heteroatoms. The molecule has 1 amide bonds. The van der Waals surface area contributed by atoms with Gasteiger partial charge in [-0.3, -0.25) is 4.79 Å². The summed E-state index contributed by atoms with van der Waals surface area (Å²) in [5, 5.41) is 15.5. The van der Waals surface area contributed by atoms with Gasteiger partial charge in [0.05, 0.1) is 18.5 Å². The molecule has 1 aliphatic heterocycles. The van der Waals surface area contributed by atoms with E-state index in [4.69, 9.17) is 9.88 Å². The van der Waals surface area contributed by atoms with Gasteiger partial charge in [-0.1, -0.05) is 12.1 Å². The van der Waals surface area contributed by atoms with Crippen LogP contribution in [-0.4, -0.2) is 32.9 Å². The summed E-state index contributed by atoms with van der Waals surface area (Å²) < 4.78 is 42.2. The molecule has 0 radical (unpaired) electrons. The van der Waals surface area contributed by atoms with Crippen LogP contribution in [0.3, 0.4) is 0 Å². The molecule has 1 aliphatic rings. The van der Waals surface area contributed by atoms with Crippen LogP contribution in [-0.2, 0) is 14.8 Å². The number of amides is 1. The van der Waals surface area contributed by atoms with E-state index in [0.717, 1.165) is 0 Å². The molecule has 0 aromatic heterocycles. The monoisotopic (exact) mass is 390 g/mol. The summed E-state index contributed by atoms with van der Waals surface area (Å²) in [6.45, 7) is 1.58. The second-order valence-electron chi connectivity index (χ2n) is 5.66. The highest BCUT2D eigenvalue weighted by molar-refractivity contribution is 7.89. The second-order valence-corrected chi connectivity index (χ2v) is 7.19. The Morgan fingerprint density at radius 3 is 2.67 bits per heavy atom. The maximum atomic E-state index is 13.7. The molecule has 8 nitrogen and oxygen atoms in total. The molecular formula is C17H15FN4O4S. The first-order chi connectivity index (χ1) is 12.7. The van der Waals surface area contributed by atoms with Crippen LogP contribution in [0, 0.1) is 5.82 Å². The Bertz CT molecular complexity index is 1110. The molecule has 1 heterocycles. The van der Waals surface area contributed by atoms with Crippen molar-refractivity contribution in [2.75, 3.05) is 12.4 Å². The van der Waals surface area contributed by atoms with Gasteiger partial charge in [0.15, 0.2) is 5.71 Å². The summed E-state index contributed by atoms with van der Waals surface area (Å²) in [6.07, 6.45) is 0. The molecule has 2 aromatic rings. The Labute approximate surface area is 154 Å². The van der Waals surface area contributed by atoms with Crippen LogP contribution in [0.5, 0.6) is 5.75 Å². The van der Waals surface area contributed by atoms with Crippen LogP contribution in [0.15, 0.2) is 51.5 Å². The Morgan fingerprint density at radius 1 is 1.26 bits per heavy atom. The quantitative estimate of drug-likeness (QED) is 0.608. The Kier molecular flexibility index (Phi) is 4.77. The number of ether oxygens (including phenoxy) is 1. The lowest BCUT2D eigenvalue weighted by molar-refractivity contribution is -0.110. The third-order valence-electron chi connectivity index (χ3n) is 3.91. The summed E-state index contributed by atoms with van der Waals surface area (Å²) in [5.74, 6) is -1.05. The molecule has 0 saturated carbocycles. The summed E-state index contributed by atoms with van der Waals surface area (Å²) >= 11 is 0. The number of hydrogen-bond acceptors (Lipinski definition) is 6. The Hall–Kier alpha value is -3.11. The third kappa shape index (κ3) is 3.57. The average Bonchev–Trinajstić information content (AvgIpc) is 2.95. The smallest absolute Gasteiger partial charge is 0.276 e. The lowest BCUT2D eigenvalue weighted by atomic mass is 10.1. The Morgan fingerprint density at radius 2 is 2.00 bits per heavy atom. The van der Waals surface area contributed by atoms with Gasteiger partial charge in [-0.15, -0.1) is 5.10 Å². The largest absolute Gasteiger partial charge is 0.495 e. The van der Waals surface area contributed by atoms with Gasteiger partial charge < -0.3 is 10.1 Å². The molecule has 0 unspecified atom stereocenters. The molecule has 2 aromatic carbocycles. The van der Waals surface area contributed by atoms with Gasteiger partial charge in [0.2, 0.25) is 10.0 Å². The van der Waals surface area contributed by atoms with Crippen LogP contribution in [0.25, 0.3) is 0 Å². The van der Waals surface area contributed by atoms with Crippen molar-refractivity contribution >= 4 is 33.0 Å². The first-order valence-electron chi connectivity index (χ1n) is 7.66. The van der Waals surface area contributed by atoms with E-state index < -0.39 is 21.7 Å². The van der Waals surface area contributed by atoms with Gasteiger partial charge in [-0.2, -0.15) is 5.10 Å². The fourth-order valence-corrected chi connectivity index (χ4v) is 3.27. The number of hydrogen-bond donors (Lipinski definition) is 2. The number of primary sulfonamides is 1. The number of carbonyl (C=O) groups excluding carboxylic acids is 1. The van der Waals surface area contributed by atoms with Gasteiger partial charge in [-0.05, 0) is 36.8 Å². The molecule has 0 aliphatic carbocycles. The summed E-state index contributed by atoms with van der Waals surface area (Å²) in [7, 11) is -2.68. The SMILES string of the molecule is COc1ccc(/C(C)=N/N=C2C(=O)Nc3c(F)cccc32)cc1S(N)(=O)=O. The van der Waals surface area contributed by atoms with E-state index in [1.165, 1.54) is 31.4 Å². The van der Waals surface area contributed by atoms with Crippen molar-refractivity contribution in [2.45, 2.75) is 11.8 Å². The van der Waals surface area contributed by atoms with Crippen molar-refractivity contribution in [3.8, 4) is 5.75 Å². The van der Waals surface area contributed by atoms with Crippen molar-refractivity contribution in [1.82, 2.24) is 0 Å². The van der Waals surface area contributed by atoms with E-state index in [1.54, 1.807) is 19.1 Å². The molecule has 140 valence electrons. The van der Waals surface area contributed by atoms with Crippen molar-refractivity contribution in [3.05, 3.63) is 53.3 Å². The maximum absolute atomic E-state index is 13.7. The van der Waals surface area contributed by atoms with Gasteiger partial charge >= 0.3 is 0 Å². The summed E-state index contributed by atoms with van der Waals surface area (Å²) in [5.41, 5.74) is 1.06. The molecule has 3 rings (SSSR count). The number of methoxy groups -OCH3 is 1. The van der Waals surface area contributed by atoms with Gasteiger partial charge in [0.25, 0.3) is 5.91 Å². The highest BCUT2D eigenvalue weighted by Gasteiger charge is 2.28. The van der Waals surface area contributed by atoms with Gasteiger partial charge in [0.1, 0.15) is 16.5 Å². The number of fused-ring (bicyclic) bond motifs is 1. The van der Waals surface area contributed by atoms with Crippen molar-refractivity contribution in [1.29, 1.82) is 0 Å². The third-order valence-corrected chi connectivity index (χ3v) is 4.84. The normalized spacial score (nSPS) is 15.6. The van der Waals surface area contributed by atoms with Gasteiger partial charge in [-0.25, -0.2) is 17.9 Å². The molecule has 0 saturated heterocycles. The summed E-state index contributed by atoms with van der Waals surface area (Å²) in [6, 6.07) is 8.55. The van der Waals surface area contributed by atoms with Crippen molar-refractivity contribution < 1.29 is 22.3 Å². The molecule has 3 N–H and O–H groups in total. The van der Waals surface area contributed by atoms with Gasteiger partial charge in [0, 0.05) is 5.56 Å². The zero-order valence-electron chi connectivity index (χ0n) is 14.4. The lowest BCUT2D eigenvalue weighted by Crippen LogP contribution is -2.15. The van der Waals surface area contributed by atoms with E-state index in [-0.39, 0.29) is 22.0 Å². The number of para-hydroxylation sites is 1. The minimum Gasteiger partial charge on any atom is -0.495 e. The number of rotatable bonds is 4. The van der Waals surface area contributed by atoms with Crippen molar-refractivity contribution in [3.63, 3.8) is 0 Å². The van der Waals surface area contributed by atoms with E-state index in [1.807, 2.05) is 0 Å². The molecular weight excluding hydrogens is 375 g/mol. The number of halogens is 1. The zero-order chi connectivity index (χ0) is 19.8. The molecule has 0 bridgehead atoms. The predicted octanol–water partition coefficient (Wildman–Crippen LogP) is 1.65. The Balaban J connectivity index is 2.02. The number of nitrogens with two attached hydrogens (primary N) is 1. The summed E-state index contributed by atoms with van der Waals surface area (Å²) in [4.78, 5) is 11.8. The molecule has 0 atom stereocenters. The first-order valence-corrected chi connectivity index (χ1v) is 9.20. The number of sulfonamides is 1. The highest BCUT2D eigenvalue weighted by Crippen LogP contribution is 2.27. The average molecular weight is 390 g/mol. The topological polar surface area (TPSA) is 123 Å². The van der Waals surface area contributed by atoms with E-state index in [9.17, 15) is 17.6 Å². The minimum absolute atomic E-state index is 0.0379. The predicted molar refractivity (Wildman–Crippen MR) is 98.1 cm³/mol. The van der Waals surface area contributed by atoms with Crippen molar-refractivity contribution in [2.24, 2.45) is 15.3 Å². The van der Waals surface area contributed by atoms with Crippen LogP contribution in [0.2, 0.25) is 0 Å². The molecule has 0 fully saturated rings. The number of nitrogens with one attached hydrogen (secondary N) is 1. The fourth-order valence-electron chi connectivity index (χ4n) is 2.55. The first kappa shape index (κ1) is 18.7. The number of anilines is 1. The highest BCUT2D eigenvalue weighted by atomic mass is 32.2. The fraction of sp³-hybridized carbons (Fsp3) is 0.118. The molecule has 0 spiro atoms. The number of nitrogens with zero attached hydrogens (tertiary/aromatic N) is 2. The molecule has 27 heavy (non-hydrogen) atoms. The van der Waals surface area contributed by atoms with E-state index >= 15 is 0 Å². The lowest BCUT2D eigenvalue weighted by Gasteiger charge is -2.08. The standard InChI is InChI=1S/C17H15FN4O4S/c1-9(10-6-7-13(26-2)14(8-10)27(19,24)25)21-22-16-11-4-3-5-12(18)15(11)20-17(16)23/h3-8H,1-2H3,(H2,19,24,25)(H,20,22,23)/b21-9+. The second kappa shape index (κ2) is 6.89. The van der Waals surface area contributed by atoms with Crippen LogP contribution in [0.1, 0.15) is 18.1 Å². The van der Waals surface area contributed by atoms with Crippen LogP contribution < -0.4 is 15.2 Å². The maximum Gasteiger partial charge on any atom is 0.276 e. The van der Waals surface area contributed by atoms with E-state index in [2.05, 4.69) is 15.5 Å². The number of benzene rings is 2. The van der Waals surface area contributed by atoms with Crippen LogP contribution in [0.4, 0.5) is 10.1 Å². The number of carbonyl (C=O) groups is 1. The minimum atomic E-state index is -4.01. The zero-order valence-corrected chi connectivity index (χ0v) is 15.2. The van der Waals surface area contributed by atoms with E-state index in [0.29, 0.717) is 16.8 Å². The van der Waals surface area contributed by atoms with Crippen LogP contribution >= 0.6 is 0 Å².